The molecular weight excluding hydrogens is 1400 g/mol. The second-order valence-electron chi connectivity index (χ2n) is 34.3. The highest BCUT2D eigenvalue weighted by atomic mass is 28.5. The van der Waals surface area contributed by atoms with E-state index in [4.69, 9.17) is 61.7 Å². The predicted octanol–water partition coefficient (Wildman–Crippen LogP) is 17.1. The number of hydrogen-bond acceptors (Lipinski definition) is 15. The Labute approximate surface area is 566 Å². The average molecular weight is 1530 g/mol. The molecule has 2 aromatic carbocycles. The smallest absolute Gasteiger partial charge is 0.388 e. The minimum atomic E-state index is -3.36. The maximum atomic E-state index is 7.94. The normalized spacial score (nSPS) is 25.1. The molecular formula is C59H128O15Si16. The highest BCUT2D eigenvalue weighted by Crippen LogP contribution is 2.61. The van der Waals surface area contributed by atoms with E-state index in [0.717, 1.165) is 45.9 Å². The van der Waals surface area contributed by atoms with Crippen molar-refractivity contribution in [2.45, 2.75) is 260 Å². The second-order valence-corrected chi connectivity index (χ2v) is 93.3. The van der Waals surface area contributed by atoms with Crippen LogP contribution in [-0.4, -0.2) is 136 Å². The van der Waals surface area contributed by atoms with Crippen LogP contribution in [0.25, 0.3) is 0 Å². The molecule has 4 bridgehead atoms. The number of hydrogen-bond donors (Lipinski definition) is 0. The SMILES string of the molecule is CC1CC2CC1C([Si](C)(C)O[Si](O[Si](C)(C)O[Si](C)(C)O[Si](C)(C)O[Si](C)(C)O[Si](C)(C)O[Si](C)(C)O[Si](C)(C)O[Si](C)(C)O[Si](C)(C)O[Si](C)(C)O[Si](C)(C)O[Si](C)(C)O[Si](C)(C)O[Si](C)(C)C1CC3CC1C(C)C3C)(c1ccccc1)c1ccccc1)C2. The van der Waals surface area contributed by atoms with E-state index in [0.29, 0.717) is 17.0 Å². The average Bonchev–Trinajstić information content (AvgIpc) is 1.33. The van der Waals surface area contributed by atoms with Crippen molar-refractivity contribution in [3.05, 3.63) is 60.7 Å². The van der Waals surface area contributed by atoms with E-state index in [1.807, 2.05) is 0 Å². The zero-order valence-corrected chi connectivity index (χ0v) is 78.6. The van der Waals surface area contributed by atoms with Gasteiger partial charge in [0.2, 0.25) is 0 Å². The summed E-state index contributed by atoms with van der Waals surface area (Å²) in [5.41, 5.74) is 1.27. The Morgan fingerprint density at radius 2 is 0.522 bits per heavy atom. The van der Waals surface area contributed by atoms with Crippen LogP contribution in [0.15, 0.2) is 60.7 Å². The molecule has 0 saturated heterocycles. The molecule has 0 aliphatic heterocycles. The fraction of sp³-hybridized carbons (Fsp3) is 0.797. The van der Waals surface area contributed by atoms with Crippen LogP contribution in [0.4, 0.5) is 0 Å². The molecule has 9 unspecified atom stereocenters. The van der Waals surface area contributed by atoms with Crippen LogP contribution >= 0.6 is 0 Å². The Hall–Kier alpha value is 1.31. The maximum absolute atomic E-state index is 7.94. The Balaban J connectivity index is 1.03. The van der Waals surface area contributed by atoms with Gasteiger partial charge in [0.15, 0.2) is 16.6 Å². The van der Waals surface area contributed by atoms with E-state index in [1.54, 1.807) is 0 Å². The minimum Gasteiger partial charge on any atom is -0.436 e. The molecule has 9 atom stereocenters. The highest BCUT2D eigenvalue weighted by molar-refractivity contribution is 7.03. The third kappa shape index (κ3) is 22.7. The molecule has 0 spiro atoms. The van der Waals surface area contributed by atoms with Gasteiger partial charge in [-0.1, -0.05) is 81.4 Å². The second kappa shape index (κ2) is 28.0. The number of rotatable bonds is 34. The van der Waals surface area contributed by atoms with Crippen LogP contribution in [0.5, 0.6) is 0 Å². The summed E-state index contributed by atoms with van der Waals surface area (Å²) in [6.45, 7) is 72.2. The number of fused-ring (bicyclic) bond motifs is 4. The third-order valence-electron chi connectivity index (χ3n) is 18.3. The van der Waals surface area contributed by atoms with Gasteiger partial charge in [-0.2, -0.15) is 0 Å². The predicted molar refractivity (Wildman–Crippen MR) is 408 cm³/mol. The zero-order chi connectivity index (χ0) is 68.6. The third-order valence-corrected chi connectivity index (χ3v) is 83.1. The summed E-state index contributed by atoms with van der Waals surface area (Å²) in [5.74, 6) is 5.47. The molecule has 6 rings (SSSR count). The van der Waals surface area contributed by atoms with Crippen LogP contribution < -0.4 is 10.4 Å². The van der Waals surface area contributed by atoms with Crippen molar-refractivity contribution < 1.29 is 61.7 Å². The van der Waals surface area contributed by atoms with E-state index >= 15 is 0 Å². The lowest BCUT2D eigenvalue weighted by Crippen LogP contribution is -2.72. The number of benzene rings is 2. The molecule has 0 aromatic heterocycles. The van der Waals surface area contributed by atoms with Crippen molar-refractivity contribution >= 4 is 147 Å². The largest absolute Gasteiger partial charge is 0.436 e. The van der Waals surface area contributed by atoms with Gasteiger partial charge in [-0.3, -0.25) is 0 Å². The summed E-state index contributed by atoms with van der Waals surface area (Å²) in [6, 6.07) is 21.5. The highest BCUT2D eigenvalue weighted by Gasteiger charge is 2.61. The molecule has 4 fully saturated rings. The maximum Gasteiger partial charge on any atom is 0.388 e. The van der Waals surface area contributed by atoms with Gasteiger partial charge in [0, 0.05) is 0 Å². The summed E-state index contributed by atoms with van der Waals surface area (Å²) in [6.07, 6.45) is 6.62. The summed E-state index contributed by atoms with van der Waals surface area (Å²) in [4.78, 5) is 0. The fourth-order valence-corrected chi connectivity index (χ4v) is 102. The van der Waals surface area contributed by atoms with Crippen molar-refractivity contribution in [1.82, 2.24) is 0 Å². The Morgan fingerprint density at radius 3 is 0.789 bits per heavy atom. The van der Waals surface area contributed by atoms with Gasteiger partial charge in [0.25, 0.3) is 0 Å². The topological polar surface area (TPSA) is 138 Å². The van der Waals surface area contributed by atoms with E-state index in [2.05, 4.69) is 278 Å². The molecule has 2 aromatic rings. The Bertz CT molecular complexity index is 2660. The standard InChI is InChI=1S/C59H128O15Si16/c1-49-44-52-45-56(49)58(46-52)76(6,7)61-90(54-40-36-34-37-41-54,55-42-38-35-39-43-55)74-89(32,33)73-88(30,31)72-87(28,29)71-86(26,27)70-85(24,25)69-84(22,23)68-83(20,21)67-82(18,19)66-81(16,17)65-80(14,15)64-79(12,13)63-78(10,11)62-77(8,9)60-75(4,5)59-48-53-47-57(59)51(3)50(53)2/h34-43,49-53,56-59H,44-48H2,1-33H3. The summed E-state index contributed by atoms with van der Waals surface area (Å²) >= 11 is 0. The van der Waals surface area contributed by atoms with Crippen LogP contribution in [0, 0.1) is 41.4 Å². The fourth-order valence-electron chi connectivity index (χ4n) is 17.9. The quantitative estimate of drug-likeness (QED) is 0.0614. The first-order valence-electron chi connectivity index (χ1n) is 33.8. The molecule has 4 saturated carbocycles. The Kier molecular flexibility index (Phi) is 25.0. The molecule has 518 valence electrons. The van der Waals surface area contributed by atoms with Crippen molar-refractivity contribution in [1.29, 1.82) is 0 Å². The van der Waals surface area contributed by atoms with Gasteiger partial charge in [-0.05, 0) is 291 Å². The molecule has 31 heteroatoms. The van der Waals surface area contributed by atoms with Gasteiger partial charge < -0.3 is 61.7 Å². The van der Waals surface area contributed by atoms with Crippen molar-refractivity contribution in [2.75, 3.05) is 0 Å². The van der Waals surface area contributed by atoms with Crippen molar-refractivity contribution in [3.63, 3.8) is 0 Å². The monoisotopic (exact) mass is 1520 g/mol. The molecule has 15 nitrogen and oxygen atoms in total. The Morgan fingerprint density at radius 1 is 0.256 bits per heavy atom. The van der Waals surface area contributed by atoms with E-state index in [-0.39, 0.29) is 0 Å². The first-order valence-corrected chi connectivity index (χ1v) is 78.2. The molecule has 0 radical (unpaired) electrons. The van der Waals surface area contributed by atoms with Gasteiger partial charge in [0.1, 0.15) is 0 Å². The molecule has 90 heavy (non-hydrogen) atoms. The molecule has 4 aliphatic rings. The first kappa shape index (κ1) is 80.3. The van der Waals surface area contributed by atoms with Gasteiger partial charge >= 0.3 is 120 Å². The van der Waals surface area contributed by atoms with Gasteiger partial charge in [-0.15, -0.1) is 0 Å². The van der Waals surface area contributed by atoms with Crippen LogP contribution in [0.1, 0.15) is 52.9 Å². The molecule has 0 amide bonds. The van der Waals surface area contributed by atoms with Crippen molar-refractivity contribution in [3.8, 4) is 0 Å². The molecule has 0 heterocycles. The molecule has 4 aliphatic carbocycles. The summed E-state index contributed by atoms with van der Waals surface area (Å²) in [7, 11) is -44.6. The van der Waals surface area contributed by atoms with E-state index in [9.17, 15) is 0 Å². The first-order chi connectivity index (χ1) is 40.2. The molecule has 0 N–H and O–H groups in total. The van der Waals surface area contributed by atoms with Crippen LogP contribution in [0.3, 0.4) is 0 Å². The van der Waals surface area contributed by atoms with Crippen LogP contribution in [-0.2, 0) is 61.7 Å². The van der Waals surface area contributed by atoms with E-state index < -0.39 is 136 Å². The zero-order valence-electron chi connectivity index (χ0n) is 62.6. The summed E-state index contributed by atoms with van der Waals surface area (Å²) in [5, 5.41) is 2.23. The minimum absolute atomic E-state index is 0.586. The van der Waals surface area contributed by atoms with Gasteiger partial charge in [-0.25, -0.2) is 0 Å². The lowest BCUT2D eigenvalue weighted by atomic mass is 9.81. The van der Waals surface area contributed by atoms with E-state index in [1.165, 1.54) is 32.1 Å². The van der Waals surface area contributed by atoms with Crippen LogP contribution in [0.2, 0.25) is 207 Å². The lowest BCUT2D eigenvalue weighted by molar-refractivity contribution is 0.239. The van der Waals surface area contributed by atoms with Gasteiger partial charge in [0.05, 0.1) is 0 Å². The van der Waals surface area contributed by atoms with Crippen molar-refractivity contribution in [2.24, 2.45) is 41.4 Å². The lowest BCUT2D eigenvalue weighted by Gasteiger charge is -2.48. The summed E-state index contributed by atoms with van der Waals surface area (Å²) < 4.78 is 108.